The molecule has 4 heteroatoms. The summed E-state index contributed by atoms with van der Waals surface area (Å²) in [7, 11) is 0. The summed E-state index contributed by atoms with van der Waals surface area (Å²) < 4.78 is 5.46. The molecule has 2 saturated carbocycles. The Labute approximate surface area is 126 Å². The topological polar surface area (TPSA) is 55.4 Å². The lowest BCUT2D eigenvalue weighted by Gasteiger charge is -2.46. The number of Topliss-reactive ketones (excluding diaryl/α,β-unsaturated/α-hetero) is 1. The molecule has 0 aromatic heterocycles. The molecule has 4 aliphatic rings. The van der Waals surface area contributed by atoms with Gasteiger partial charge < -0.3 is 10.1 Å². The van der Waals surface area contributed by atoms with E-state index >= 15 is 0 Å². The zero-order valence-electron chi connectivity index (χ0n) is 12.8. The normalized spacial score (nSPS) is 34.9. The highest BCUT2D eigenvalue weighted by molar-refractivity contribution is 5.84. The van der Waals surface area contributed by atoms with Gasteiger partial charge in [-0.25, -0.2) is 4.79 Å². The van der Waals surface area contributed by atoms with Crippen molar-refractivity contribution in [3.63, 3.8) is 0 Å². The minimum Gasteiger partial charge on any atom is -0.448 e. The predicted octanol–water partition coefficient (Wildman–Crippen LogP) is 3.22. The summed E-state index contributed by atoms with van der Waals surface area (Å²) >= 11 is 0. The standard InChI is InChI=1S/C17H25NO3/c1-12(19)17(10-13-6-8-14(17)9-7-13)11-21-16(20)18-15-4-2-3-5-15/h6,8,13-15H,2-5,7,9-11H2,1H3,(H,18,20). The Morgan fingerprint density at radius 3 is 2.48 bits per heavy atom. The van der Waals surface area contributed by atoms with Crippen molar-refractivity contribution in [3.05, 3.63) is 12.2 Å². The molecule has 0 saturated heterocycles. The van der Waals surface area contributed by atoms with E-state index in [-0.39, 0.29) is 30.4 Å². The molecule has 3 atom stereocenters. The number of rotatable bonds is 4. The molecule has 0 radical (unpaired) electrons. The fourth-order valence-electron chi connectivity index (χ4n) is 4.27. The van der Waals surface area contributed by atoms with Crippen LogP contribution < -0.4 is 5.32 Å². The van der Waals surface area contributed by atoms with Crippen LogP contribution >= 0.6 is 0 Å². The second-order valence-electron chi connectivity index (χ2n) is 6.95. The third-order valence-electron chi connectivity index (χ3n) is 5.64. The smallest absolute Gasteiger partial charge is 0.407 e. The number of alkyl carbamates (subject to hydrolysis) is 1. The van der Waals surface area contributed by atoms with Crippen molar-refractivity contribution >= 4 is 11.9 Å². The van der Waals surface area contributed by atoms with E-state index in [2.05, 4.69) is 17.5 Å². The largest absolute Gasteiger partial charge is 0.448 e. The van der Waals surface area contributed by atoms with Crippen LogP contribution in [-0.2, 0) is 9.53 Å². The maximum Gasteiger partial charge on any atom is 0.407 e. The first-order valence-corrected chi connectivity index (χ1v) is 8.23. The van der Waals surface area contributed by atoms with E-state index in [1.807, 2.05) is 0 Å². The van der Waals surface area contributed by atoms with Crippen molar-refractivity contribution in [2.24, 2.45) is 17.3 Å². The zero-order chi connectivity index (χ0) is 14.9. The summed E-state index contributed by atoms with van der Waals surface area (Å²) in [5.41, 5.74) is -0.481. The van der Waals surface area contributed by atoms with E-state index in [0.29, 0.717) is 5.92 Å². The van der Waals surface area contributed by atoms with Crippen LogP contribution in [0.4, 0.5) is 4.79 Å². The van der Waals surface area contributed by atoms with Crippen molar-refractivity contribution in [3.8, 4) is 0 Å². The summed E-state index contributed by atoms with van der Waals surface area (Å²) in [6.07, 6.45) is 11.5. The Balaban J connectivity index is 1.60. The highest BCUT2D eigenvalue weighted by Gasteiger charge is 2.49. The number of fused-ring (bicyclic) bond motifs is 2. The molecular weight excluding hydrogens is 266 g/mol. The van der Waals surface area contributed by atoms with Crippen molar-refractivity contribution in [1.29, 1.82) is 0 Å². The molecule has 0 heterocycles. The number of allylic oxidation sites excluding steroid dienone is 2. The number of amides is 1. The Kier molecular flexibility index (Phi) is 4.05. The SMILES string of the molecule is CC(=O)C1(COC(=O)NC2CCCC2)CC2C=CC1CC2. The molecule has 1 amide bonds. The van der Waals surface area contributed by atoms with Crippen LogP contribution in [0.15, 0.2) is 12.2 Å². The first kappa shape index (κ1) is 14.6. The first-order chi connectivity index (χ1) is 10.1. The first-order valence-electron chi connectivity index (χ1n) is 8.23. The van der Waals surface area contributed by atoms with Crippen molar-refractivity contribution in [1.82, 2.24) is 5.32 Å². The second kappa shape index (κ2) is 5.82. The van der Waals surface area contributed by atoms with Gasteiger partial charge in [-0.2, -0.15) is 0 Å². The van der Waals surface area contributed by atoms with Gasteiger partial charge in [-0.3, -0.25) is 4.79 Å². The second-order valence-corrected chi connectivity index (χ2v) is 6.95. The molecule has 0 aliphatic heterocycles. The molecule has 4 aliphatic carbocycles. The molecule has 0 spiro atoms. The molecule has 2 fully saturated rings. The third kappa shape index (κ3) is 2.85. The van der Waals surface area contributed by atoms with E-state index in [4.69, 9.17) is 4.74 Å². The molecule has 116 valence electrons. The molecule has 1 N–H and O–H groups in total. The van der Waals surface area contributed by atoms with E-state index in [9.17, 15) is 9.59 Å². The van der Waals surface area contributed by atoms with Crippen molar-refractivity contribution in [2.45, 2.75) is 57.9 Å². The van der Waals surface area contributed by atoms with E-state index in [1.54, 1.807) is 6.92 Å². The Morgan fingerprint density at radius 1 is 1.19 bits per heavy atom. The molecule has 0 aromatic rings. The number of carbonyl (C=O) groups is 2. The molecule has 2 bridgehead atoms. The molecular formula is C17H25NO3. The van der Waals surface area contributed by atoms with Gasteiger partial charge in [-0.15, -0.1) is 0 Å². The van der Waals surface area contributed by atoms with E-state index in [0.717, 1.165) is 32.1 Å². The van der Waals surface area contributed by atoms with Crippen LogP contribution in [0.3, 0.4) is 0 Å². The maximum absolute atomic E-state index is 12.2. The van der Waals surface area contributed by atoms with Crippen LogP contribution in [0.5, 0.6) is 0 Å². The van der Waals surface area contributed by atoms with Crippen LogP contribution in [0.25, 0.3) is 0 Å². The number of nitrogens with one attached hydrogen (secondary N) is 1. The lowest BCUT2D eigenvalue weighted by Crippen LogP contribution is -2.48. The summed E-state index contributed by atoms with van der Waals surface area (Å²) in [5, 5.41) is 2.93. The summed E-state index contributed by atoms with van der Waals surface area (Å²) in [6, 6.07) is 0.258. The molecule has 21 heavy (non-hydrogen) atoms. The third-order valence-corrected chi connectivity index (χ3v) is 5.64. The summed E-state index contributed by atoms with van der Waals surface area (Å²) in [4.78, 5) is 24.2. The van der Waals surface area contributed by atoms with Crippen LogP contribution in [0.1, 0.15) is 51.9 Å². The van der Waals surface area contributed by atoms with Gasteiger partial charge in [0.1, 0.15) is 12.4 Å². The Hall–Kier alpha value is -1.32. The van der Waals surface area contributed by atoms with Gasteiger partial charge in [0.15, 0.2) is 0 Å². The van der Waals surface area contributed by atoms with Crippen molar-refractivity contribution < 1.29 is 14.3 Å². The monoisotopic (exact) mass is 291 g/mol. The lowest BCUT2D eigenvalue weighted by atomic mass is 9.58. The van der Waals surface area contributed by atoms with Crippen LogP contribution in [-0.4, -0.2) is 24.5 Å². The lowest BCUT2D eigenvalue weighted by molar-refractivity contribution is -0.135. The highest BCUT2D eigenvalue weighted by atomic mass is 16.5. The minimum absolute atomic E-state index is 0.162. The number of hydrogen-bond acceptors (Lipinski definition) is 3. The van der Waals surface area contributed by atoms with E-state index < -0.39 is 5.41 Å². The van der Waals surface area contributed by atoms with Gasteiger partial charge in [0.05, 0.1) is 5.41 Å². The van der Waals surface area contributed by atoms with Gasteiger partial charge in [0.2, 0.25) is 0 Å². The Morgan fingerprint density at radius 2 is 1.95 bits per heavy atom. The van der Waals surface area contributed by atoms with Crippen molar-refractivity contribution in [2.75, 3.05) is 6.61 Å². The highest BCUT2D eigenvalue weighted by Crippen LogP contribution is 2.49. The average molecular weight is 291 g/mol. The van der Waals surface area contributed by atoms with Gasteiger partial charge in [-0.1, -0.05) is 25.0 Å². The van der Waals surface area contributed by atoms with Gasteiger partial charge in [-0.05, 0) is 50.9 Å². The summed E-state index contributed by atoms with van der Waals surface area (Å²) in [5.74, 6) is 0.870. The van der Waals surface area contributed by atoms with Gasteiger partial charge >= 0.3 is 6.09 Å². The molecule has 4 rings (SSSR count). The fourth-order valence-corrected chi connectivity index (χ4v) is 4.27. The van der Waals surface area contributed by atoms with Crippen LogP contribution in [0, 0.1) is 17.3 Å². The number of ketones is 1. The minimum atomic E-state index is -0.481. The maximum atomic E-state index is 12.2. The number of ether oxygens (including phenoxy) is 1. The molecule has 3 unspecified atom stereocenters. The Bertz CT molecular complexity index is 453. The van der Waals surface area contributed by atoms with Gasteiger partial charge in [0.25, 0.3) is 0 Å². The van der Waals surface area contributed by atoms with Gasteiger partial charge in [0, 0.05) is 6.04 Å². The molecule has 4 nitrogen and oxygen atoms in total. The molecule has 0 aromatic carbocycles. The number of carbonyl (C=O) groups excluding carboxylic acids is 2. The predicted molar refractivity (Wildman–Crippen MR) is 79.8 cm³/mol. The fraction of sp³-hybridized carbons (Fsp3) is 0.765. The average Bonchev–Trinajstić information content (AvgIpc) is 2.99. The quantitative estimate of drug-likeness (QED) is 0.809. The summed E-state index contributed by atoms with van der Waals surface area (Å²) in [6.45, 7) is 1.87. The zero-order valence-corrected chi connectivity index (χ0v) is 12.8. The van der Waals surface area contributed by atoms with Crippen LogP contribution in [0.2, 0.25) is 0 Å². The number of hydrogen-bond donors (Lipinski definition) is 1. The van der Waals surface area contributed by atoms with E-state index in [1.165, 1.54) is 12.8 Å².